The van der Waals surface area contributed by atoms with Gasteiger partial charge in [-0.25, -0.2) is 4.79 Å². The average Bonchev–Trinajstić information content (AvgIpc) is 2.63. The van der Waals surface area contributed by atoms with E-state index in [4.69, 9.17) is 0 Å². The number of hydrogen-bond donors (Lipinski definition) is 0. The molecule has 0 amide bonds. The van der Waals surface area contributed by atoms with Gasteiger partial charge < -0.3 is 4.74 Å². The summed E-state index contributed by atoms with van der Waals surface area (Å²) in [6.45, 7) is 1.58. The molecule has 1 aromatic carbocycles. The Morgan fingerprint density at radius 3 is 2.33 bits per heavy atom. The number of nitriles is 3. The Kier molecular flexibility index (Phi) is 4.59. The highest BCUT2D eigenvalue weighted by Crippen LogP contribution is 2.43. The third-order valence-electron chi connectivity index (χ3n) is 3.64. The smallest absolute Gasteiger partial charge is 0.330 e. The van der Waals surface area contributed by atoms with Crippen LogP contribution in [0, 0.1) is 39.4 Å². The minimum Gasteiger partial charge on any atom is -0.466 e. The number of hydrogen-bond acceptors (Lipinski definition) is 6. The summed E-state index contributed by atoms with van der Waals surface area (Å²) in [5.74, 6) is -0.727. The molecule has 0 saturated carbocycles. The molecule has 24 heavy (non-hydrogen) atoms. The molecule has 1 aliphatic heterocycles. The van der Waals surface area contributed by atoms with Gasteiger partial charge in [0.15, 0.2) is 0 Å². The molecule has 0 aliphatic carbocycles. The van der Waals surface area contributed by atoms with Crippen LogP contribution in [0.3, 0.4) is 0 Å². The van der Waals surface area contributed by atoms with Crippen molar-refractivity contribution in [3.63, 3.8) is 0 Å². The third kappa shape index (κ3) is 2.56. The summed E-state index contributed by atoms with van der Waals surface area (Å²) in [5.41, 5.74) is -0.808. The summed E-state index contributed by atoms with van der Waals surface area (Å²) in [5, 5.41) is 28.9. The van der Waals surface area contributed by atoms with E-state index < -0.39 is 11.4 Å². The number of ether oxygens (including phenoxy) is 1. The molecule has 0 spiro atoms. The van der Waals surface area contributed by atoms with Crippen LogP contribution in [0.25, 0.3) is 5.70 Å². The predicted molar refractivity (Wildman–Crippen MR) is 85.8 cm³/mol. The number of methoxy groups -OCH3 is 1. The molecule has 116 valence electrons. The molecule has 1 aliphatic rings. The zero-order valence-electron chi connectivity index (χ0n) is 13.1. The minimum absolute atomic E-state index is 0.0515. The maximum Gasteiger partial charge on any atom is 0.330 e. The molecule has 0 bridgehead atoms. The van der Waals surface area contributed by atoms with Crippen LogP contribution >= 0.6 is 0 Å². The quantitative estimate of drug-likeness (QED) is 0.615. The molecule has 0 radical (unpaired) electrons. The van der Waals surface area contributed by atoms with Crippen molar-refractivity contribution in [3.05, 3.63) is 53.1 Å². The van der Waals surface area contributed by atoms with Gasteiger partial charge in [-0.2, -0.15) is 15.8 Å². The summed E-state index contributed by atoms with van der Waals surface area (Å²) in [6.07, 6.45) is 1.03. The van der Waals surface area contributed by atoms with Crippen molar-refractivity contribution < 1.29 is 9.53 Å². The van der Waals surface area contributed by atoms with Gasteiger partial charge in [-0.15, -0.1) is 0 Å². The molecule has 1 heterocycles. The lowest BCUT2D eigenvalue weighted by Crippen LogP contribution is -2.30. The molecule has 0 N–H and O–H groups in total. The first-order valence-electron chi connectivity index (χ1n) is 6.92. The van der Waals surface area contributed by atoms with Gasteiger partial charge in [-0.05, 0) is 6.92 Å². The normalized spacial score (nSPS) is 17.3. The minimum atomic E-state index is -1.92. The molecule has 2 rings (SSSR count). The first kappa shape index (κ1) is 16.7. The summed E-state index contributed by atoms with van der Waals surface area (Å²) in [4.78, 5) is 16.0. The third-order valence-corrected chi connectivity index (χ3v) is 3.64. The number of nitrogens with zero attached hydrogens (tertiary/aromatic N) is 4. The molecule has 6 nitrogen and oxygen atoms in total. The van der Waals surface area contributed by atoms with Crippen molar-refractivity contribution in [1.29, 1.82) is 15.8 Å². The monoisotopic (exact) mass is 316 g/mol. The Morgan fingerprint density at radius 2 is 1.83 bits per heavy atom. The van der Waals surface area contributed by atoms with Gasteiger partial charge in [0.05, 0.1) is 30.5 Å². The molecule has 1 aromatic rings. The van der Waals surface area contributed by atoms with E-state index in [9.17, 15) is 20.6 Å². The number of esters is 1. The Labute approximate surface area is 139 Å². The number of aliphatic imine (C=N–C) groups is 1. The van der Waals surface area contributed by atoms with E-state index in [1.807, 2.05) is 18.2 Å². The highest BCUT2D eigenvalue weighted by atomic mass is 16.5. The topological polar surface area (TPSA) is 110 Å². The van der Waals surface area contributed by atoms with Crippen LogP contribution in [0.5, 0.6) is 0 Å². The van der Waals surface area contributed by atoms with Crippen LogP contribution in [-0.4, -0.2) is 18.8 Å². The first-order chi connectivity index (χ1) is 11.5. The lowest BCUT2D eigenvalue weighted by molar-refractivity contribution is -0.134. The Balaban J connectivity index is 2.85. The summed E-state index contributed by atoms with van der Waals surface area (Å²) < 4.78 is 4.58. The van der Waals surface area contributed by atoms with Crippen LogP contribution in [0.1, 0.15) is 12.5 Å². The molecular formula is C18H12N4O2. The SMILES string of the molecule is COC(=O)/C=C1\C(C)=NC(c2ccccc2)=C(C#N)C1(C#N)C#N. The maximum absolute atomic E-state index is 11.6. The van der Waals surface area contributed by atoms with E-state index in [2.05, 4.69) is 9.73 Å². The van der Waals surface area contributed by atoms with Gasteiger partial charge in [0.1, 0.15) is 6.07 Å². The van der Waals surface area contributed by atoms with Gasteiger partial charge in [-0.3, -0.25) is 4.99 Å². The van der Waals surface area contributed by atoms with Crippen molar-refractivity contribution in [1.82, 2.24) is 0 Å². The fourth-order valence-electron chi connectivity index (χ4n) is 2.46. The summed E-state index contributed by atoms with van der Waals surface area (Å²) >= 11 is 0. The fourth-order valence-corrected chi connectivity index (χ4v) is 2.46. The molecule has 0 atom stereocenters. The van der Waals surface area contributed by atoms with Crippen LogP contribution in [0.15, 0.2) is 52.5 Å². The van der Waals surface area contributed by atoms with Crippen LogP contribution in [-0.2, 0) is 9.53 Å². The fraction of sp³-hybridized carbons (Fsp3) is 0.167. The van der Waals surface area contributed by atoms with E-state index in [-0.39, 0.29) is 16.8 Å². The molecule has 0 unspecified atom stereocenters. The molecule has 0 fully saturated rings. The molecule has 0 saturated heterocycles. The van der Waals surface area contributed by atoms with Crippen LogP contribution in [0.2, 0.25) is 0 Å². The van der Waals surface area contributed by atoms with Crippen molar-refractivity contribution in [2.45, 2.75) is 6.92 Å². The zero-order chi connectivity index (χ0) is 17.7. The van der Waals surface area contributed by atoms with E-state index in [0.29, 0.717) is 11.3 Å². The Morgan fingerprint density at radius 1 is 1.21 bits per heavy atom. The summed E-state index contributed by atoms with van der Waals surface area (Å²) in [7, 11) is 1.19. The highest BCUT2D eigenvalue weighted by molar-refractivity contribution is 6.10. The number of carbonyl (C=O) groups is 1. The first-order valence-corrected chi connectivity index (χ1v) is 6.92. The van der Waals surface area contributed by atoms with E-state index >= 15 is 0 Å². The second kappa shape index (κ2) is 6.60. The lowest BCUT2D eigenvalue weighted by Gasteiger charge is -2.27. The average molecular weight is 316 g/mol. The molecule has 6 heteroatoms. The van der Waals surface area contributed by atoms with Gasteiger partial charge >= 0.3 is 5.97 Å². The van der Waals surface area contributed by atoms with Gasteiger partial charge in [-0.1, -0.05) is 30.3 Å². The number of allylic oxidation sites excluding steroid dienone is 2. The van der Waals surface area contributed by atoms with E-state index in [1.165, 1.54) is 7.11 Å². The summed E-state index contributed by atoms with van der Waals surface area (Å²) in [6, 6.07) is 14.5. The predicted octanol–water partition coefficient (Wildman–Crippen LogP) is 2.53. The van der Waals surface area contributed by atoms with E-state index in [1.54, 1.807) is 37.3 Å². The number of benzene rings is 1. The zero-order valence-corrected chi connectivity index (χ0v) is 13.1. The van der Waals surface area contributed by atoms with E-state index in [0.717, 1.165) is 6.08 Å². The van der Waals surface area contributed by atoms with Crippen LogP contribution in [0.4, 0.5) is 0 Å². The highest BCUT2D eigenvalue weighted by Gasteiger charge is 2.46. The van der Waals surface area contributed by atoms with Crippen LogP contribution < -0.4 is 0 Å². The standard InChI is InChI=1S/C18H12N4O2/c1-12-14(8-16(23)24-2)18(10-20,11-21)15(9-19)17(22-12)13-6-4-3-5-7-13/h3-8H,1-2H3/b14-8+. The van der Waals surface area contributed by atoms with Crippen molar-refractivity contribution in [2.24, 2.45) is 10.4 Å². The number of rotatable bonds is 2. The molecule has 0 aromatic heterocycles. The van der Waals surface area contributed by atoms with Crippen molar-refractivity contribution >= 4 is 17.4 Å². The van der Waals surface area contributed by atoms with Crippen molar-refractivity contribution in [2.75, 3.05) is 7.11 Å². The van der Waals surface area contributed by atoms with Gasteiger partial charge in [0, 0.05) is 22.9 Å². The Bertz CT molecular complexity index is 889. The second-order valence-corrected chi connectivity index (χ2v) is 4.95. The molecular weight excluding hydrogens is 304 g/mol. The maximum atomic E-state index is 11.6. The van der Waals surface area contributed by atoms with Gasteiger partial charge in [0.25, 0.3) is 0 Å². The Hall–Kier alpha value is -3.69. The lowest BCUT2D eigenvalue weighted by atomic mass is 9.71. The number of carbonyl (C=O) groups excluding carboxylic acids is 1. The van der Waals surface area contributed by atoms with Gasteiger partial charge in [0.2, 0.25) is 5.41 Å². The van der Waals surface area contributed by atoms with Crippen molar-refractivity contribution in [3.8, 4) is 18.2 Å². The largest absolute Gasteiger partial charge is 0.466 e. The second-order valence-electron chi connectivity index (χ2n) is 4.95.